The summed E-state index contributed by atoms with van der Waals surface area (Å²) in [6, 6.07) is 7.78. The normalized spacial score (nSPS) is 18.0. The van der Waals surface area contributed by atoms with Gasteiger partial charge >= 0.3 is 0 Å². The lowest BCUT2D eigenvalue weighted by atomic mass is 10.1. The second kappa shape index (κ2) is 5.63. The van der Waals surface area contributed by atoms with Crippen molar-refractivity contribution < 1.29 is 9.59 Å². The minimum atomic E-state index is -0.414. The van der Waals surface area contributed by atoms with Crippen LogP contribution in [-0.4, -0.2) is 27.9 Å². The lowest BCUT2D eigenvalue weighted by molar-refractivity contribution is -0.123. The van der Waals surface area contributed by atoms with E-state index >= 15 is 0 Å². The van der Waals surface area contributed by atoms with Gasteiger partial charge in [-0.05, 0) is 24.6 Å². The summed E-state index contributed by atoms with van der Waals surface area (Å²) in [5.74, 6) is 0.105. The molecule has 2 amide bonds. The second-order valence-electron chi connectivity index (χ2n) is 5.58. The molecule has 1 atom stereocenters. The number of aryl methyl sites for hydroxylation is 1. The summed E-state index contributed by atoms with van der Waals surface area (Å²) in [5.41, 5.74) is 7.22. The van der Waals surface area contributed by atoms with E-state index in [0.29, 0.717) is 6.54 Å². The van der Waals surface area contributed by atoms with Crippen molar-refractivity contribution in [3.8, 4) is 0 Å². The largest absolute Gasteiger partial charge is 0.369 e. The fourth-order valence-electron chi connectivity index (χ4n) is 2.70. The number of anilines is 1. The van der Waals surface area contributed by atoms with Gasteiger partial charge in [0.15, 0.2) is 0 Å². The number of hydrogen-bond donors (Lipinski definition) is 1. The van der Waals surface area contributed by atoms with Crippen molar-refractivity contribution in [2.75, 3.05) is 11.4 Å². The van der Waals surface area contributed by atoms with E-state index in [9.17, 15) is 9.59 Å². The maximum absolute atomic E-state index is 12.0. The van der Waals surface area contributed by atoms with Crippen LogP contribution in [0.4, 0.5) is 5.69 Å². The van der Waals surface area contributed by atoms with E-state index in [-0.39, 0.29) is 18.2 Å². The predicted octanol–water partition coefficient (Wildman–Crippen LogP) is 1.08. The highest BCUT2D eigenvalue weighted by Crippen LogP contribution is 2.25. The molecule has 2 N–H and O–H groups in total. The topological polar surface area (TPSA) is 81.2 Å². The van der Waals surface area contributed by atoms with Crippen molar-refractivity contribution >= 4 is 17.5 Å². The first-order chi connectivity index (χ1) is 10.5. The van der Waals surface area contributed by atoms with E-state index < -0.39 is 5.91 Å². The summed E-state index contributed by atoms with van der Waals surface area (Å²) in [6.07, 6.45) is 3.91. The molecule has 114 valence electrons. The maximum atomic E-state index is 12.0. The molecular weight excluding hydrogens is 280 g/mol. The monoisotopic (exact) mass is 298 g/mol. The molecule has 1 aromatic carbocycles. The number of imidazole rings is 1. The number of benzene rings is 1. The zero-order chi connectivity index (χ0) is 15.7. The van der Waals surface area contributed by atoms with E-state index in [4.69, 9.17) is 5.73 Å². The number of carbonyl (C=O) groups excluding carboxylic acids is 2. The van der Waals surface area contributed by atoms with E-state index in [0.717, 1.165) is 23.6 Å². The summed E-state index contributed by atoms with van der Waals surface area (Å²) in [7, 11) is 0. The van der Waals surface area contributed by atoms with Crippen molar-refractivity contribution in [3.63, 3.8) is 0 Å². The number of carbonyl (C=O) groups is 2. The first-order valence-electron chi connectivity index (χ1n) is 7.21. The Bertz CT molecular complexity index is 705. The Hall–Kier alpha value is -2.63. The Labute approximate surface area is 128 Å². The predicted molar refractivity (Wildman–Crippen MR) is 82.2 cm³/mol. The van der Waals surface area contributed by atoms with Gasteiger partial charge in [-0.15, -0.1) is 0 Å². The van der Waals surface area contributed by atoms with Crippen LogP contribution in [0.25, 0.3) is 0 Å². The average Bonchev–Trinajstić information content (AvgIpc) is 3.07. The van der Waals surface area contributed by atoms with Gasteiger partial charge in [0.2, 0.25) is 11.8 Å². The highest BCUT2D eigenvalue weighted by molar-refractivity contribution is 6.00. The molecule has 6 nitrogen and oxygen atoms in total. The van der Waals surface area contributed by atoms with Crippen LogP contribution in [0.15, 0.2) is 36.7 Å². The van der Waals surface area contributed by atoms with Gasteiger partial charge in [0, 0.05) is 37.6 Å². The smallest absolute Gasteiger partial charge is 0.227 e. The third kappa shape index (κ3) is 2.72. The van der Waals surface area contributed by atoms with E-state index in [2.05, 4.69) is 9.55 Å². The zero-order valence-electron chi connectivity index (χ0n) is 12.4. The number of rotatable bonds is 4. The van der Waals surface area contributed by atoms with Crippen LogP contribution in [0, 0.1) is 12.8 Å². The first kappa shape index (κ1) is 14.3. The summed E-state index contributed by atoms with van der Waals surface area (Å²) in [5, 5.41) is 0. The third-order valence-electron chi connectivity index (χ3n) is 4.05. The van der Waals surface area contributed by atoms with Crippen LogP contribution in [0.3, 0.4) is 0 Å². The van der Waals surface area contributed by atoms with E-state index in [1.807, 2.05) is 37.4 Å². The average molecular weight is 298 g/mol. The summed E-state index contributed by atoms with van der Waals surface area (Å²) in [6.45, 7) is 3.07. The minimum Gasteiger partial charge on any atom is -0.369 e. The third-order valence-corrected chi connectivity index (χ3v) is 4.05. The number of nitrogens with zero attached hydrogens (tertiary/aromatic N) is 3. The molecule has 1 aromatic heterocycles. The molecular formula is C16H18N4O2. The number of nitrogens with two attached hydrogens (primary N) is 1. The SMILES string of the molecule is Cc1nccn1Cc1ccc(N2CC(C(N)=O)CC2=O)cc1. The quantitative estimate of drug-likeness (QED) is 0.917. The van der Waals surface area contributed by atoms with Crippen LogP contribution >= 0.6 is 0 Å². The number of primary amides is 1. The van der Waals surface area contributed by atoms with Crippen molar-refractivity contribution in [2.45, 2.75) is 19.9 Å². The Morgan fingerprint density at radius 2 is 2.09 bits per heavy atom. The van der Waals surface area contributed by atoms with Crippen molar-refractivity contribution in [1.29, 1.82) is 0 Å². The van der Waals surface area contributed by atoms with Crippen molar-refractivity contribution in [1.82, 2.24) is 9.55 Å². The highest BCUT2D eigenvalue weighted by atomic mass is 16.2. The van der Waals surface area contributed by atoms with Gasteiger partial charge in [-0.1, -0.05) is 12.1 Å². The van der Waals surface area contributed by atoms with Gasteiger partial charge in [0.1, 0.15) is 5.82 Å². The molecule has 22 heavy (non-hydrogen) atoms. The van der Waals surface area contributed by atoms with E-state index in [1.54, 1.807) is 11.1 Å². The lowest BCUT2D eigenvalue weighted by Gasteiger charge is -2.17. The van der Waals surface area contributed by atoms with Crippen molar-refractivity contribution in [3.05, 3.63) is 48.0 Å². The lowest BCUT2D eigenvalue weighted by Crippen LogP contribution is -2.28. The van der Waals surface area contributed by atoms with Crippen LogP contribution < -0.4 is 10.6 Å². The molecule has 0 saturated carbocycles. The Balaban J connectivity index is 1.73. The summed E-state index contributed by atoms with van der Waals surface area (Å²) < 4.78 is 2.05. The molecule has 2 aromatic rings. The van der Waals surface area contributed by atoms with Crippen LogP contribution in [0.2, 0.25) is 0 Å². The van der Waals surface area contributed by atoms with Gasteiger partial charge < -0.3 is 15.2 Å². The van der Waals surface area contributed by atoms with Gasteiger partial charge in [-0.3, -0.25) is 9.59 Å². The van der Waals surface area contributed by atoms with Gasteiger partial charge in [0.25, 0.3) is 0 Å². The van der Waals surface area contributed by atoms with Gasteiger partial charge in [-0.2, -0.15) is 0 Å². The van der Waals surface area contributed by atoms with Crippen LogP contribution in [0.5, 0.6) is 0 Å². The van der Waals surface area contributed by atoms with Crippen LogP contribution in [0.1, 0.15) is 17.8 Å². The second-order valence-corrected chi connectivity index (χ2v) is 5.58. The molecule has 0 radical (unpaired) electrons. The standard InChI is InChI=1S/C16H18N4O2/c1-11-18-6-7-19(11)9-12-2-4-14(5-3-12)20-10-13(16(17)22)8-15(20)21/h2-7,13H,8-10H2,1H3,(H2,17,22). The molecule has 1 unspecified atom stereocenters. The number of aromatic nitrogens is 2. The number of amides is 2. The van der Waals surface area contributed by atoms with Gasteiger partial charge in [0.05, 0.1) is 5.92 Å². The molecule has 0 aliphatic carbocycles. The molecule has 1 fully saturated rings. The van der Waals surface area contributed by atoms with E-state index in [1.165, 1.54) is 0 Å². The minimum absolute atomic E-state index is 0.0537. The fraction of sp³-hybridized carbons (Fsp3) is 0.312. The van der Waals surface area contributed by atoms with Crippen molar-refractivity contribution in [2.24, 2.45) is 11.7 Å². The molecule has 3 rings (SSSR count). The van der Waals surface area contributed by atoms with Gasteiger partial charge in [-0.25, -0.2) is 4.98 Å². The summed E-state index contributed by atoms with van der Waals surface area (Å²) in [4.78, 5) is 29.0. The molecule has 1 aliphatic rings. The molecule has 6 heteroatoms. The molecule has 0 bridgehead atoms. The zero-order valence-corrected chi connectivity index (χ0v) is 12.4. The Morgan fingerprint density at radius 3 is 2.64 bits per heavy atom. The highest BCUT2D eigenvalue weighted by Gasteiger charge is 2.33. The molecule has 1 saturated heterocycles. The summed E-state index contributed by atoms with van der Waals surface area (Å²) >= 11 is 0. The first-order valence-corrected chi connectivity index (χ1v) is 7.21. The molecule has 2 heterocycles. The molecule has 1 aliphatic heterocycles. The van der Waals surface area contributed by atoms with Crippen LogP contribution in [-0.2, 0) is 16.1 Å². The fourth-order valence-corrected chi connectivity index (χ4v) is 2.70. The molecule has 0 spiro atoms. The number of hydrogen-bond acceptors (Lipinski definition) is 3. The Kier molecular flexibility index (Phi) is 3.66. The maximum Gasteiger partial charge on any atom is 0.227 e. The Morgan fingerprint density at radius 1 is 1.36 bits per heavy atom.